The van der Waals surface area contributed by atoms with Crippen LogP contribution in [-0.4, -0.2) is 96.0 Å². The highest BCUT2D eigenvalue weighted by Crippen LogP contribution is 2.24. The number of allylic oxidation sites excluding steroid dienone is 5. The van der Waals surface area contributed by atoms with Gasteiger partial charge in [-0.1, -0.05) is 160 Å². The lowest BCUT2D eigenvalue weighted by molar-refractivity contribution is -0.297. The van der Waals surface area contributed by atoms with Crippen molar-refractivity contribution in [1.82, 2.24) is 0 Å². The van der Waals surface area contributed by atoms with Gasteiger partial charge in [-0.2, -0.15) is 8.42 Å². The maximum absolute atomic E-state index is 12.8. The summed E-state index contributed by atoms with van der Waals surface area (Å²) in [7, 11) is -4.61. The van der Waals surface area contributed by atoms with Crippen LogP contribution in [0.4, 0.5) is 0 Å². The Morgan fingerprint density at radius 2 is 1.10 bits per heavy atom. The van der Waals surface area contributed by atoms with Crippen LogP contribution in [0.25, 0.3) is 0 Å². The molecule has 1 aliphatic rings. The first-order valence-electron chi connectivity index (χ1n) is 22.6. The van der Waals surface area contributed by atoms with Crippen LogP contribution >= 0.6 is 0 Å². The second-order valence-electron chi connectivity index (χ2n) is 15.8. The third-order valence-electron chi connectivity index (χ3n) is 10.3. The number of aliphatic hydroxyl groups is 3. The number of carbonyl (C=O) groups is 2. The van der Waals surface area contributed by atoms with Gasteiger partial charge in [0.15, 0.2) is 12.4 Å². The van der Waals surface area contributed by atoms with Crippen LogP contribution in [0.2, 0.25) is 0 Å². The van der Waals surface area contributed by atoms with Crippen molar-refractivity contribution in [1.29, 1.82) is 0 Å². The molecule has 0 amide bonds. The van der Waals surface area contributed by atoms with Crippen LogP contribution in [0, 0.1) is 0 Å². The molecule has 338 valence electrons. The van der Waals surface area contributed by atoms with Crippen molar-refractivity contribution < 1.29 is 56.8 Å². The largest absolute Gasteiger partial charge is 0.458 e. The van der Waals surface area contributed by atoms with E-state index in [0.29, 0.717) is 6.42 Å². The van der Waals surface area contributed by atoms with E-state index in [0.717, 1.165) is 32.1 Å². The highest BCUT2D eigenvalue weighted by Gasteiger charge is 2.46. The van der Waals surface area contributed by atoms with Gasteiger partial charge in [0.1, 0.15) is 36.8 Å². The molecule has 0 bridgehead atoms. The summed E-state index contributed by atoms with van der Waals surface area (Å²) in [5, 5.41) is 30.8. The number of esters is 2. The molecule has 2 unspecified atom stereocenters. The molecule has 0 radical (unpaired) electrons. The number of hydrogen-bond acceptors (Lipinski definition) is 11. The minimum Gasteiger partial charge on any atom is -0.458 e. The van der Waals surface area contributed by atoms with Crippen molar-refractivity contribution in [3.8, 4) is 0 Å². The number of ether oxygens (including phenoxy) is 4. The van der Waals surface area contributed by atoms with Gasteiger partial charge in [-0.25, -0.2) is 4.79 Å². The Bertz CT molecular complexity index is 1220. The quantitative estimate of drug-likeness (QED) is 0.0116. The molecule has 12 nitrogen and oxygen atoms in total. The molecule has 0 aromatic heterocycles. The maximum Gasteiger partial charge on any atom is 0.330 e. The van der Waals surface area contributed by atoms with Gasteiger partial charge in [0.05, 0.1) is 6.61 Å². The normalized spacial score (nSPS) is 20.7. The molecule has 1 saturated heterocycles. The zero-order chi connectivity index (χ0) is 42.7. The second-order valence-corrected chi connectivity index (χ2v) is 17.3. The standard InChI is InChI=1S/C45H80O12S/c1-3-5-7-9-11-13-15-17-19-21-23-25-27-29-31-33-40(46)54-35-38(36-55-45-44(50)43(49)42(48)39(57-45)37-58(51,52)53)56-41(47)34-32-30-28-26-24-22-20-18-16-14-12-10-8-6-4-2/h24,26-27,29,31,33,38-39,42-45,48-50H,3-23,25,28,30,32,34-37H2,1-2H3,(H,51,52,53)/b26-24+,29-27+,33-31+/t38-,39-,42-,43?,44?,45+/m1/s1. The Hall–Kier alpha value is -2.13. The SMILES string of the molecule is CCCCCCCCCCC/C=C/CCCCC(=O)O[C@H](COC(=O)/C=C/C=C/CCCCCCCCCCCCC)CO[C@H]1O[C@H](CS(=O)(=O)O)[C@@H](O)C(O)C1O. The number of hydrogen-bond donors (Lipinski definition) is 4. The van der Waals surface area contributed by atoms with Crippen LogP contribution < -0.4 is 0 Å². The summed E-state index contributed by atoms with van der Waals surface area (Å²) in [6.45, 7) is 3.63. The molecule has 1 heterocycles. The molecule has 58 heavy (non-hydrogen) atoms. The fraction of sp³-hybridized carbons (Fsp3) is 0.822. The third kappa shape index (κ3) is 30.0. The van der Waals surface area contributed by atoms with Gasteiger partial charge in [-0.15, -0.1) is 0 Å². The van der Waals surface area contributed by atoms with Gasteiger partial charge in [-0.3, -0.25) is 9.35 Å². The van der Waals surface area contributed by atoms with Crippen molar-refractivity contribution in [3.63, 3.8) is 0 Å². The summed E-state index contributed by atoms with van der Waals surface area (Å²) in [6.07, 6.45) is 31.1. The molecule has 0 spiro atoms. The van der Waals surface area contributed by atoms with Crippen LogP contribution in [0.15, 0.2) is 36.5 Å². The van der Waals surface area contributed by atoms with E-state index >= 15 is 0 Å². The van der Waals surface area contributed by atoms with E-state index in [1.165, 1.54) is 128 Å². The topological polar surface area (TPSA) is 186 Å². The lowest BCUT2D eigenvalue weighted by Gasteiger charge is -2.40. The van der Waals surface area contributed by atoms with Crippen molar-refractivity contribution in [2.75, 3.05) is 19.0 Å². The molecule has 13 heteroatoms. The average Bonchev–Trinajstić information content (AvgIpc) is 3.18. The fourth-order valence-electron chi connectivity index (χ4n) is 6.76. The Morgan fingerprint density at radius 1 is 0.621 bits per heavy atom. The van der Waals surface area contributed by atoms with Gasteiger partial charge in [0, 0.05) is 12.5 Å². The lowest BCUT2D eigenvalue weighted by Crippen LogP contribution is -2.60. The van der Waals surface area contributed by atoms with Gasteiger partial charge in [-0.05, 0) is 44.9 Å². The predicted octanol–water partition coefficient (Wildman–Crippen LogP) is 9.00. The lowest BCUT2D eigenvalue weighted by atomic mass is 10.00. The zero-order valence-electron chi connectivity index (χ0n) is 35.9. The fourth-order valence-corrected chi connectivity index (χ4v) is 7.45. The maximum atomic E-state index is 12.8. The highest BCUT2D eigenvalue weighted by molar-refractivity contribution is 7.85. The molecule has 6 atom stereocenters. The third-order valence-corrected chi connectivity index (χ3v) is 11.0. The first kappa shape index (κ1) is 53.9. The van der Waals surface area contributed by atoms with E-state index in [2.05, 4.69) is 26.0 Å². The Balaban J connectivity index is 2.52. The predicted molar refractivity (Wildman–Crippen MR) is 229 cm³/mol. The number of rotatable bonds is 37. The molecule has 4 N–H and O–H groups in total. The summed E-state index contributed by atoms with van der Waals surface area (Å²) in [6, 6.07) is 0. The van der Waals surface area contributed by atoms with Crippen LogP contribution in [0.3, 0.4) is 0 Å². The first-order chi connectivity index (χ1) is 28.0. The smallest absolute Gasteiger partial charge is 0.330 e. The average molecular weight is 845 g/mol. The molecular formula is C45H80O12S. The van der Waals surface area contributed by atoms with Gasteiger partial charge >= 0.3 is 11.9 Å². The number of unbranched alkanes of at least 4 members (excludes halogenated alkanes) is 22. The molecule has 0 aromatic rings. The van der Waals surface area contributed by atoms with E-state index in [9.17, 15) is 37.9 Å². The summed E-state index contributed by atoms with van der Waals surface area (Å²) >= 11 is 0. The van der Waals surface area contributed by atoms with Gasteiger partial charge in [0.2, 0.25) is 0 Å². The molecule has 0 aromatic carbocycles. The molecule has 1 fully saturated rings. The molecule has 1 aliphatic heterocycles. The summed E-state index contributed by atoms with van der Waals surface area (Å²) in [5.74, 6) is -2.27. The summed E-state index contributed by atoms with van der Waals surface area (Å²) in [4.78, 5) is 25.2. The number of aliphatic hydroxyl groups excluding tert-OH is 3. The Labute approximate surface area is 351 Å². The zero-order valence-corrected chi connectivity index (χ0v) is 36.7. The van der Waals surface area contributed by atoms with Gasteiger partial charge < -0.3 is 34.3 Å². The second kappa shape index (κ2) is 35.6. The molecular weight excluding hydrogens is 765 g/mol. The van der Waals surface area contributed by atoms with E-state index in [1.54, 1.807) is 12.2 Å². The molecule has 0 saturated carbocycles. The van der Waals surface area contributed by atoms with E-state index in [4.69, 9.17) is 18.9 Å². The van der Waals surface area contributed by atoms with Crippen LogP contribution in [0.5, 0.6) is 0 Å². The van der Waals surface area contributed by atoms with Gasteiger partial charge in [0.25, 0.3) is 10.1 Å². The Morgan fingerprint density at radius 3 is 1.62 bits per heavy atom. The van der Waals surface area contributed by atoms with Crippen molar-refractivity contribution in [3.05, 3.63) is 36.5 Å². The minimum absolute atomic E-state index is 0.115. The summed E-state index contributed by atoms with van der Waals surface area (Å²) in [5.41, 5.74) is 0. The van der Waals surface area contributed by atoms with Crippen LogP contribution in [0.1, 0.15) is 181 Å². The van der Waals surface area contributed by atoms with E-state index in [1.807, 2.05) is 6.08 Å². The monoisotopic (exact) mass is 845 g/mol. The van der Waals surface area contributed by atoms with E-state index in [-0.39, 0.29) is 13.0 Å². The molecule has 1 rings (SSSR count). The molecule has 0 aliphatic carbocycles. The van der Waals surface area contributed by atoms with Crippen molar-refractivity contribution >= 4 is 22.1 Å². The highest BCUT2D eigenvalue weighted by atomic mass is 32.2. The van der Waals surface area contributed by atoms with Crippen molar-refractivity contribution in [2.24, 2.45) is 0 Å². The Kier molecular flexibility index (Phi) is 33.1. The van der Waals surface area contributed by atoms with E-state index < -0.39 is 71.2 Å². The van der Waals surface area contributed by atoms with Crippen molar-refractivity contribution in [2.45, 2.75) is 218 Å². The van der Waals surface area contributed by atoms with Crippen LogP contribution in [-0.2, 0) is 38.7 Å². The summed E-state index contributed by atoms with van der Waals surface area (Å²) < 4.78 is 53.8. The number of carbonyl (C=O) groups excluding carboxylic acids is 2. The minimum atomic E-state index is -4.61. The first-order valence-corrected chi connectivity index (χ1v) is 24.2.